The molecule has 2 aromatic rings. The highest BCUT2D eigenvalue weighted by Crippen LogP contribution is 2.26. The van der Waals surface area contributed by atoms with Crippen LogP contribution in [0, 0.1) is 6.92 Å². The molecule has 4 nitrogen and oxygen atoms in total. The van der Waals surface area contributed by atoms with E-state index in [1.165, 1.54) is 11.3 Å². The van der Waals surface area contributed by atoms with Crippen molar-refractivity contribution in [3.8, 4) is 0 Å². The predicted octanol–water partition coefficient (Wildman–Crippen LogP) is 3.62. The molecule has 2 heterocycles. The van der Waals surface area contributed by atoms with Gasteiger partial charge in [0.25, 0.3) is 5.91 Å². The van der Waals surface area contributed by atoms with Gasteiger partial charge in [-0.05, 0) is 18.9 Å². The Kier molecular flexibility index (Phi) is 5.08. The lowest BCUT2D eigenvalue weighted by Gasteiger charge is -2.33. The first-order valence-corrected chi connectivity index (χ1v) is 8.92. The van der Waals surface area contributed by atoms with Crippen molar-refractivity contribution in [3.05, 3.63) is 51.5 Å². The lowest BCUT2D eigenvalue weighted by atomic mass is 10.1. The van der Waals surface area contributed by atoms with Crippen LogP contribution in [0.3, 0.4) is 0 Å². The number of amides is 1. The van der Waals surface area contributed by atoms with Crippen LogP contribution >= 0.6 is 11.3 Å². The molecule has 3 rings (SSSR count). The molecule has 1 aromatic carbocycles. The van der Waals surface area contributed by atoms with Crippen LogP contribution in [0.1, 0.15) is 45.4 Å². The fourth-order valence-corrected chi connectivity index (χ4v) is 3.82. The Labute approximate surface area is 141 Å². The van der Waals surface area contributed by atoms with Crippen molar-refractivity contribution in [3.63, 3.8) is 0 Å². The van der Waals surface area contributed by atoms with Gasteiger partial charge in [0.2, 0.25) is 0 Å². The normalized spacial score (nSPS) is 18.2. The van der Waals surface area contributed by atoms with Gasteiger partial charge in [-0.25, -0.2) is 4.98 Å². The van der Waals surface area contributed by atoms with Crippen LogP contribution in [-0.2, 0) is 11.2 Å². The Bertz CT molecular complexity index is 669. The third-order valence-corrected chi connectivity index (χ3v) is 5.01. The van der Waals surface area contributed by atoms with E-state index in [-0.39, 0.29) is 12.0 Å². The average molecular weight is 330 g/mol. The van der Waals surface area contributed by atoms with E-state index in [0.29, 0.717) is 19.7 Å². The van der Waals surface area contributed by atoms with Crippen molar-refractivity contribution < 1.29 is 9.53 Å². The van der Waals surface area contributed by atoms with Gasteiger partial charge >= 0.3 is 0 Å². The molecule has 0 aliphatic carbocycles. The molecule has 0 unspecified atom stereocenters. The van der Waals surface area contributed by atoms with E-state index in [1.54, 1.807) is 0 Å². The summed E-state index contributed by atoms with van der Waals surface area (Å²) in [6, 6.07) is 10.1. The van der Waals surface area contributed by atoms with Crippen molar-refractivity contribution >= 4 is 17.2 Å². The molecular formula is C18H22N2O2S. The van der Waals surface area contributed by atoms with E-state index in [9.17, 15) is 4.79 Å². The first kappa shape index (κ1) is 16.1. The number of carbonyl (C=O) groups is 1. The summed E-state index contributed by atoms with van der Waals surface area (Å²) in [6.45, 7) is 5.90. The fraction of sp³-hybridized carbons (Fsp3) is 0.444. The lowest BCUT2D eigenvalue weighted by Crippen LogP contribution is -2.42. The number of morpholine rings is 1. The zero-order valence-electron chi connectivity index (χ0n) is 13.6. The highest BCUT2D eigenvalue weighted by Gasteiger charge is 2.28. The molecule has 0 N–H and O–H groups in total. The van der Waals surface area contributed by atoms with Crippen LogP contribution < -0.4 is 0 Å². The molecular weight excluding hydrogens is 308 g/mol. The minimum atomic E-state index is -0.0439. The average Bonchev–Trinajstić information content (AvgIpc) is 2.96. The van der Waals surface area contributed by atoms with E-state index in [4.69, 9.17) is 4.74 Å². The Hall–Kier alpha value is -1.72. The second-order valence-electron chi connectivity index (χ2n) is 5.78. The molecule has 1 saturated heterocycles. The van der Waals surface area contributed by atoms with Gasteiger partial charge in [-0.1, -0.05) is 43.7 Å². The zero-order chi connectivity index (χ0) is 16.2. The Balaban J connectivity index is 1.77. The quantitative estimate of drug-likeness (QED) is 0.860. The summed E-state index contributed by atoms with van der Waals surface area (Å²) >= 11 is 1.51. The molecule has 1 amide bonds. The van der Waals surface area contributed by atoms with Gasteiger partial charge in [-0.15, -0.1) is 11.3 Å². The molecule has 0 radical (unpaired) electrons. The van der Waals surface area contributed by atoms with E-state index >= 15 is 0 Å². The van der Waals surface area contributed by atoms with Crippen molar-refractivity contribution in [2.75, 3.05) is 19.7 Å². The molecule has 1 fully saturated rings. The van der Waals surface area contributed by atoms with E-state index in [1.807, 2.05) is 30.0 Å². The first-order chi connectivity index (χ1) is 11.2. The third-order valence-electron chi connectivity index (χ3n) is 4.01. The minimum absolute atomic E-state index is 0.0439. The second kappa shape index (κ2) is 7.23. The van der Waals surface area contributed by atoms with E-state index in [2.05, 4.69) is 24.0 Å². The molecule has 1 aromatic heterocycles. The molecule has 1 aliphatic rings. The van der Waals surface area contributed by atoms with E-state index < -0.39 is 0 Å². The first-order valence-electron chi connectivity index (χ1n) is 8.11. The SMILES string of the molecule is CCCc1nc(C)sc1C(=O)N1CCO[C@@H](c2ccccc2)C1. The number of ether oxygens (including phenoxy) is 1. The van der Waals surface area contributed by atoms with Gasteiger partial charge in [0.1, 0.15) is 11.0 Å². The van der Waals surface area contributed by atoms with Crippen LogP contribution in [0.4, 0.5) is 0 Å². The molecule has 0 spiro atoms. The summed E-state index contributed by atoms with van der Waals surface area (Å²) in [5.74, 6) is 0.100. The summed E-state index contributed by atoms with van der Waals surface area (Å²) in [7, 11) is 0. The number of aryl methyl sites for hydroxylation is 2. The number of carbonyl (C=O) groups excluding carboxylic acids is 1. The lowest BCUT2D eigenvalue weighted by molar-refractivity contribution is -0.0227. The highest BCUT2D eigenvalue weighted by atomic mass is 32.1. The maximum Gasteiger partial charge on any atom is 0.266 e. The maximum atomic E-state index is 12.9. The van der Waals surface area contributed by atoms with Crippen molar-refractivity contribution in [1.82, 2.24) is 9.88 Å². The van der Waals surface area contributed by atoms with E-state index in [0.717, 1.165) is 34.0 Å². The number of hydrogen-bond acceptors (Lipinski definition) is 4. The highest BCUT2D eigenvalue weighted by molar-refractivity contribution is 7.13. The molecule has 0 bridgehead atoms. The molecule has 0 saturated carbocycles. The zero-order valence-corrected chi connectivity index (χ0v) is 14.4. The standard InChI is InChI=1S/C18H22N2O2S/c1-3-7-15-17(23-13(2)19-15)18(21)20-10-11-22-16(12-20)14-8-5-4-6-9-14/h4-6,8-9,16H,3,7,10-12H2,1-2H3/t16-/m1/s1. The van der Waals surface area contributed by atoms with Crippen LogP contribution in [0.25, 0.3) is 0 Å². The van der Waals surface area contributed by atoms with Crippen LogP contribution in [-0.4, -0.2) is 35.5 Å². The van der Waals surface area contributed by atoms with Gasteiger partial charge in [0, 0.05) is 6.54 Å². The maximum absolute atomic E-state index is 12.9. The smallest absolute Gasteiger partial charge is 0.266 e. The van der Waals surface area contributed by atoms with Gasteiger partial charge in [0.05, 0.1) is 23.9 Å². The number of thiazole rings is 1. The van der Waals surface area contributed by atoms with Crippen molar-refractivity contribution in [1.29, 1.82) is 0 Å². The van der Waals surface area contributed by atoms with Gasteiger partial charge in [-0.2, -0.15) is 0 Å². The largest absolute Gasteiger partial charge is 0.370 e. The Morgan fingerprint density at radius 3 is 2.91 bits per heavy atom. The number of nitrogens with zero attached hydrogens (tertiary/aromatic N) is 2. The van der Waals surface area contributed by atoms with Crippen molar-refractivity contribution in [2.24, 2.45) is 0 Å². The van der Waals surface area contributed by atoms with Gasteiger partial charge in [0.15, 0.2) is 0 Å². The summed E-state index contributed by atoms with van der Waals surface area (Å²) in [6.07, 6.45) is 1.81. The van der Waals surface area contributed by atoms with Crippen LogP contribution in [0.2, 0.25) is 0 Å². The predicted molar refractivity (Wildman–Crippen MR) is 91.9 cm³/mol. The Morgan fingerprint density at radius 2 is 2.17 bits per heavy atom. The molecule has 122 valence electrons. The van der Waals surface area contributed by atoms with Crippen LogP contribution in [0.5, 0.6) is 0 Å². The van der Waals surface area contributed by atoms with Crippen LogP contribution in [0.15, 0.2) is 30.3 Å². The number of aromatic nitrogens is 1. The summed E-state index contributed by atoms with van der Waals surface area (Å²) in [5, 5.41) is 0.963. The number of hydrogen-bond donors (Lipinski definition) is 0. The van der Waals surface area contributed by atoms with Crippen molar-refractivity contribution in [2.45, 2.75) is 32.8 Å². The Morgan fingerprint density at radius 1 is 1.39 bits per heavy atom. The number of benzene rings is 1. The monoisotopic (exact) mass is 330 g/mol. The molecule has 1 aliphatic heterocycles. The summed E-state index contributed by atoms with van der Waals surface area (Å²) in [5.41, 5.74) is 2.07. The third kappa shape index (κ3) is 3.62. The van der Waals surface area contributed by atoms with Gasteiger partial charge in [-0.3, -0.25) is 4.79 Å². The molecule has 23 heavy (non-hydrogen) atoms. The van der Waals surface area contributed by atoms with Gasteiger partial charge < -0.3 is 9.64 Å². The number of rotatable bonds is 4. The molecule has 5 heteroatoms. The summed E-state index contributed by atoms with van der Waals surface area (Å²) < 4.78 is 5.86. The minimum Gasteiger partial charge on any atom is -0.370 e. The topological polar surface area (TPSA) is 42.4 Å². The second-order valence-corrected chi connectivity index (χ2v) is 6.98. The molecule has 1 atom stereocenters. The fourth-order valence-electron chi connectivity index (χ4n) is 2.89. The summed E-state index contributed by atoms with van der Waals surface area (Å²) in [4.78, 5) is 20.2.